The molecule has 2 N–H and O–H groups in total. The Morgan fingerprint density at radius 2 is 1.06 bits per heavy atom. The number of hydrogen-bond donors (Lipinski definition) is 2. The van der Waals surface area contributed by atoms with E-state index >= 15 is 0 Å². The molecule has 0 aromatic heterocycles. The van der Waals surface area contributed by atoms with Gasteiger partial charge in [-0.25, -0.2) is 0 Å². The molecule has 0 radical (unpaired) electrons. The molecule has 176 valence electrons. The maximum atomic E-state index is 9.76. The molecule has 8 rings (SSSR count). The molecule has 33 heavy (non-hydrogen) atoms. The quantitative estimate of drug-likeness (QED) is 0.627. The third-order valence-electron chi connectivity index (χ3n) is 8.53. The monoisotopic (exact) mass is 450 g/mol. The van der Waals surface area contributed by atoms with Gasteiger partial charge in [-0.05, 0) is 91.2 Å². The molecule has 2 aliphatic heterocycles. The van der Waals surface area contributed by atoms with Crippen molar-refractivity contribution >= 4 is 0 Å². The van der Waals surface area contributed by atoms with Crippen LogP contribution in [-0.4, -0.2) is 48.8 Å². The molecule has 6 aliphatic rings. The van der Waals surface area contributed by atoms with Crippen molar-refractivity contribution in [1.29, 1.82) is 0 Å². The molecular weight excluding hydrogens is 416 g/mol. The highest BCUT2D eigenvalue weighted by atomic mass is 16.6. The molecule has 2 heterocycles. The minimum Gasteiger partial charge on any atom is -0.508 e. The number of benzene rings is 2. The molecule has 2 aromatic carbocycles. The fourth-order valence-corrected chi connectivity index (χ4v) is 7.17. The number of epoxide rings is 2. The second-order valence-corrected chi connectivity index (χ2v) is 10.7. The van der Waals surface area contributed by atoms with Crippen molar-refractivity contribution in [1.82, 2.24) is 0 Å². The number of phenols is 2. The molecule has 5 heteroatoms. The van der Waals surface area contributed by atoms with Crippen LogP contribution in [0.15, 0.2) is 48.5 Å². The van der Waals surface area contributed by atoms with E-state index < -0.39 is 0 Å². The van der Waals surface area contributed by atoms with Gasteiger partial charge in [0.1, 0.15) is 23.7 Å². The summed E-state index contributed by atoms with van der Waals surface area (Å²) in [6.07, 6.45) is 7.54. The maximum Gasteiger partial charge on any atom is 0.115 e. The van der Waals surface area contributed by atoms with E-state index in [9.17, 15) is 10.2 Å². The number of hydrogen-bond acceptors (Lipinski definition) is 5. The number of aromatic hydroxyl groups is 2. The molecule has 4 bridgehead atoms. The van der Waals surface area contributed by atoms with Gasteiger partial charge >= 0.3 is 0 Å². The number of phenolic OH excluding ortho intramolecular Hbond substituents is 2. The highest BCUT2D eigenvalue weighted by Gasteiger charge is 2.58. The predicted molar refractivity (Wildman–Crippen MR) is 124 cm³/mol. The molecule has 4 aliphatic carbocycles. The van der Waals surface area contributed by atoms with Gasteiger partial charge in [-0.2, -0.15) is 0 Å². The van der Waals surface area contributed by atoms with E-state index in [-0.39, 0.29) is 5.41 Å². The maximum absolute atomic E-state index is 9.76. The van der Waals surface area contributed by atoms with E-state index in [1.165, 1.54) is 43.2 Å². The van der Waals surface area contributed by atoms with Gasteiger partial charge in [0.15, 0.2) is 0 Å². The Kier molecular flexibility index (Phi) is 5.60. The third-order valence-corrected chi connectivity index (χ3v) is 8.53. The van der Waals surface area contributed by atoms with Crippen molar-refractivity contribution in [3.8, 4) is 11.5 Å². The summed E-state index contributed by atoms with van der Waals surface area (Å²) in [5, 5.41) is 19.5. The lowest BCUT2D eigenvalue weighted by Gasteiger charge is -2.62. The second kappa shape index (κ2) is 8.61. The fraction of sp³-hybridized carbons (Fsp3) is 0.571. The van der Waals surface area contributed by atoms with Gasteiger partial charge in [-0.1, -0.05) is 24.3 Å². The molecule has 2 atom stereocenters. The summed E-state index contributed by atoms with van der Waals surface area (Å²) in [6.45, 7) is 3.26. The van der Waals surface area contributed by atoms with Gasteiger partial charge in [-0.3, -0.25) is 0 Å². The van der Waals surface area contributed by atoms with Gasteiger partial charge in [0.05, 0.1) is 26.4 Å². The van der Waals surface area contributed by atoms with E-state index in [0.717, 1.165) is 38.3 Å². The van der Waals surface area contributed by atoms with Gasteiger partial charge < -0.3 is 24.4 Å². The van der Waals surface area contributed by atoms with Crippen LogP contribution < -0.4 is 0 Å². The second-order valence-electron chi connectivity index (χ2n) is 10.7. The van der Waals surface area contributed by atoms with Crippen LogP contribution in [0.4, 0.5) is 0 Å². The van der Waals surface area contributed by atoms with E-state index in [1.54, 1.807) is 0 Å². The van der Waals surface area contributed by atoms with Crippen LogP contribution in [0.2, 0.25) is 0 Å². The van der Waals surface area contributed by atoms with Crippen molar-refractivity contribution in [3.63, 3.8) is 0 Å². The van der Waals surface area contributed by atoms with Crippen LogP contribution in [-0.2, 0) is 19.6 Å². The van der Waals surface area contributed by atoms with Gasteiger partial charge in [0.25, 0.3) is 0 Å². The highest BCUT2D eigenvalue weighted by molar-refractivity contribution is 5.46. The van der Waals surface area contributed by atoms with Crippen LogP contribution in [0.5, 0.6) is 11.5 Å². The molecule has 5 nitrogen and oxygen atoms in total. The van der Waals surface area contributed by atoms with Crippen LogP contribution in [0.3, 0.4) is 0 Å². The summed E-state index contributed by atoms with van der Waals surface area (Å²) in [5.74, 6) is 3.86. The number of ether oxygens (including phenoxy) is 3. The van der Waals surface area contributed by atoms with Crippen LogP contribution in [0.1, 0.15) is 43.2 Å². The van der Waals surface area contributed by atoms with Crippen LogP contribution >= 0.6 is 0 Å². The van der Waals surface area contributed by atoms with Crippen LogP contribution in [0.25, 0.3) is 0 Å². The number of rotatable bonds is 6. The Hall–Kier alpha value is -2.08. The largest absolute Gasteiger partial charge is 0.508 e. The fourth-order valence-electron chi connectivity index (χ4n) is 7.17. The zero-order valence-electron chi connectivity index (χ0n) is 19.1. The lowest BCUT2D eigenvalue weighted by molar-refractivity contribution is -0.0418. The molecule has 2 saturated heterocycles. The van der Waals surface area contributed by atoms with Crippen molar-refractivity contribution in [3.05, 3.63) is 59.7 Å². The summed E-state index contributed by atoms with van der Waals surface area (Å²) in [6, 6.07) is 15.9. The van der Waals surface area contributed by atoms with Crippen LogP contribution in [0, 0.1) is 23.7 Å². The average molecular weight is 451 g/mol. The molecule has 0 spiro atoms. The Labute approximate surface area is 195 Å². The summed E-state index contributed by atoms with van der Waals surface area (Å²) < 4.78 is 15.1. The first-order valence-corrected chi connectivity index (χ1v) is 12.5. The predicted octanol–water partition coefficient (Wildman–Crippen LogP) is 4.64. The summed E-state index contributed by atoms with van der Waals surface area (Å²) >= 11 is 0. The summed E-state index contributed by atoms with van der Waals surface area (Å²) in [7, 11) is 0. The van der Waals surface area contributed by atoms with E-state index in [2.05, 4.69) is 24.3 Å². The molecule has 2 unspecified atom stereocenters. The standard InChI is InChI=1S/C22H24O2.C6H10O3/c23-20-5-1-16(2-6-20)22(17-3-7-21(24)8-4-17)18-10-14-9-15(12-18)13-19(22)11-14;1(5-3-8-5)7-2-6-4-9-6/h1-8,14-15,18-19,23-24H,9-13H2;5-6H,1-4H2. The zero-order chi connectivity index (χ0) is 22.4. The molecule has 6 fully saturated rings. The Morgan fingerprint density at radius 1 is 0.667 bits per heavy atom. The summed E-state index contributed by atoms with van der Waals surface area (Å²) in [5.41, 5.74) is 2.74. The Bertz CT molecular complexity index is 858. The Balaban J connectivity index is 0.000000192. The SMILES string of the molecule is C(OCC1CO1)C1CO1.Oc1ccc(C2(c3ccc(O)cc3)C3CC4CC(C3)CC2C4)cc1. The zero-order valence-corrected chi connectivity index (χ0v) is 19.1. The van der Waals surface area contributed by atoms with Gasteiger partial charge in [0.2, 0.25) is 0 Å². The minimum atomic E-state index is 0.0504. The topological polar surface area (TPSA) is 74.8 Å². The van der Waals surface area contributed by atoms with Gasteiger partial charge in [-0.15, -0.1) is 0 Å². The summed E-state index contributed by atoms with van der Waals surface area (Å²) in [4.78, 5) is 0. The lowest BCUT2D eigenvalue weighted by Crippen LogP contribution is -2.56. The molecule has 2 aromatic rings. The minimum absolute atomic E-state index is 0.0504. The van der Waals surface area contributed by atoms with Crippen molar-refractivity contribution in [2.24, 2.45) is 23.7 Å². The first-order valence-electron chi connectivity index (χ1n) is 12.5. The average Bonchev–Trinajstić information content (AvgIpc) is 3.72. The normalized spacial score (nSPS) is 34.4. The Morgan fingerprint density at radius 3 is 1.42 bits per heavy atom. The smallest absolute Gasteiger partial charge is 0.115 e. The van der Waals surface area contributed by atoms with E-state index in [4.69, 9.17) is 14.2 Å². The first kappa shape index (κ1) is 21.5. The lowest BCUT2D eigenvalue weighted by atomic mass is 9.42. The van der Waals surface area contributed by atoms with Crippen molar-refractivity contribution in [2.45, 2.75) is 49.7 Å². The molecule has 0 amide bonds. The van der Waals surface area contributed by atoms with Crippen molar-refractivity contribution < 1.29 is 24.4 Å². The highest BCUT2D eigenvalue weighted by Crippen LogP contribution is 2.65. The van der Waals surface area contributed by atoms with E-state index in [1.807, 2.05) is 24.3 Å². The third kappa shape index (κ3) is 4.27. The van der Waals surface area contributed by atoms with Crippen molar-refractivity contribution in [2.75, 3.05) is 26.4 Å². The first-order chi connectivity index (χ1) is 16.1. The van der Waals surface area contributed by atoms with E-state index in [0.29, 0.717) is 35.5 Å². The molecular formula is C28H34O5. The molecule has 4 saturated carbocycles. The van der Waals surface area contributed by atoms with Gasteiger partial charge in [0, 0.05) is 5.41 Å².